The van der Waals surface area contributed by atoms with Crippen molar-refractivity contribution in [2.75, 3.05) is 13.2 Å². The molecule has 1 fully saturated rings. The van der Waals surface area contributed by atoms with Crippen LogP contribution >= 0.6 is 0 Å². The summed E-state index contributed by atoms with van der Waals surface area (Å²) in [6.07, 6.45) is 4.07. The predicted molar refractivity (Wildman–Crippen MR) is 71.5 cm³/mol. The number of carbonyl (C=O) groups excluding carboxylic acids is 1. The van der Waals surface area contributed by atoms with Crippen molar-refractivity contribution in [3.05, 3.63) is 35.1 Å². The number of aryl methyl sites for hydroxylation is 1. The molecule has 19 heavy (non-hydrogen) atoms. The van der Waals surface area contributed by atoms with Crippen molar-refractivity contribution in [2.45, 2.75) is 38.6 Å². The van der Waals surface area contributed by atoms with Gasteiger partial charge < -0.3 is 10.0 Å². The van der Waals surface area contributed by atoms with E-state index in [-0.39, 0.29) is 30.7 Å². The van der Waals surface area contributed by atoms with E-state index in [1.54, 1.807) is 17.0 Å². The molecule has 1 aliphatic rings. The maximum atomic E-state index is 13.8. The number of benzene rings is 1. The van der Waals surface area contributed by atoms with Gasteiger partial charge in [0.25, 0.3) is 5.91 Å². The van der Waals surface area contributed by atoms with E-state index in [4.69, 9.17) is 5.11 Å². The fourth-order valence-corrected chi connectivity index (χ4v) is 2.73. The Labute approximate surface area is 113 Å². The lowest BCUT2D eigenvalue weighted by atomic mass is 10.1. The average Bonchev–Trinajstić information content (AvgIpc) is 2.92. The number of aliphatic hydroxyl groups excluding tert-OH is 1. The maximum Gasteiger partial charge on any atom is 0.257 e. The average molecular weight is 265 g/mol. The zero-order valence-corrected chi connectivity index (χ0v) is 11.2. The molecule has 2 rings (SSSR count). The van der Waals surface area contributed by atoms with Crippen molar-refractivity contribution >= 4 is 5.91 Å². The highest BCUT2D eigenvalue weighted by Crippen LogP contribution is 2.25. The number of carbonyl (C=O) groups is 1. The highest BCUT2D eigenvalue weighted by molar-refractivity contribution is 5.95. The maximum absolute atomic E-state index is 13.8. The van der Waals surface area contributed by atoms with Gasteiger partial charge in [-0.15, -0.1) is 0 Å². The van der Waals surface area contributed by atoms with Crippen LogP contribution < -0.4 is 0 Å². The van der Waals surface area contributed by atoms with Gasteiger partial charge in [-0.25, -0.2) is 4.39 Å². The molecule has 0 aliphatic heterocycles. The summed E-state index contributed by atoms with van der Waals surface area (Å²) in [7, 11) is 0. The lowest BCUT2D eigenvalue weighted by molar-refractivity contribution is 0.0633. The molecular formula is C15H20FNO2. The highest BCUT2D eigenvalue weighted by atomic mass is 19.1. The Balaban J connectivity index is 2.25. The normalized spacial score (nSPS) is 15.7. The fourth-order valence-electron chi connectivity index (χ4n) is 2.73. The van der Waals surface area contributed by atoms with E-state index in [2.05, 4.69) is 0 Å². The Hall–Kier alpha value is -1.42. The zero-order valence-electron chi connectivity index (χ0n) is 11.2. The van der Waals surface area contributed by atoms with Crippen LogP contribution in [0.5, 0.6) is 0 Å². The molecule has 0 aromatic heterocycles. The van der Waals surface area contributed by atoms with Crippen LogP contribution in [0.4, 0.5) is 4.39 Å². The second kappa shape index (κ2) is 6.15. The Morgan fingerprint density at radius 3 is 2.74 bits per heavy atom. The van der Waals surface area contributed by atoms with Gasteiger partial charge in [0.05, 0.1) is 12.2 Å². The predicted octanol–water partition coefficient (Wildman–Crippen LogP) is 2.51. The molecular weight excluding hydrogens is 245 g/mol. The number of nitrogens with zero attached hydrogens (tertiary/aromatic N) is 1. The van der Waals surface area contributed by atoms with Crippen molar-refractivity contribution < 1.29 is 14.3 Å². The number of aliphatic hydroxyl groups is 1. The van der Waals surface area contributed by atoms with Gasteiger partial charge >= 0.3 is 0 Å². The summed E-state index contributed by atoms with van der Waals surface area (Å²) in [6, 6.07) is 4.70. The first-order chi connectivity index (χ1) is 9.13. The molecule has 0 radical (unpaired) electrons. The molecule has 0 saturated heterocycles. The Morgan fingerprint density at radius 2 is 2.11 bits per heavy atom. The minimum atomic E-state index is -0.489. The number of halogens is 1. The topological polar surface area (TPSA) is 40.5 Å². The van der Waals surface area contributed by atoms with Gasteiger partial charge in [0.2, 0.25) is 0 Å². The summed E-state index contributed by atoms with van der Waals surface area (Å²) < 4.78 is 13.8. The molecule has 0 bridgehead atoms. The van der Waals surface area contributed by atoms with E-state index < -0.39 is 5.82 Å². The van der Waals surface area contributed by atoms with Crippen molar-refractivity contribution in [1.82, 2.24) is 4.90 Å². The summed E-state index contributed by atoms with van der Waals surface area (Å²) in [5, 5.41) is 9.13. The first-order valence-corrected chi connectivity index (χ1v) is 6.81. The Morgan fingerprint density at radius 1 is 1.42 bits per heavy atom. The lowest BCUT2D eigenvalue weighted by Crippen LogP contribution is -2.41. The Kier molecular flexibility index (Phi) is 4.53. The summed E-state index contributed by atoms with van der Waals surface area (Å²) in [5.74, 6) is -0.793. The smallest absolute Gasteiger partial charge is 0.257 e. The van der Waals surface area contributed by atoms with Crippen LogP contribution in [-0.2, 0) is 0 Å². The molecule has 1 amide bonds. The molecule has 0 atom stereocenters. The summed E-state index contributed by atoms with van der Waals surface area (Å²) in [6.45, 7) is 2.02. The first-order valence-electron chi connectivity index (χ1n) is 6.81. The fraction of sp³-hybridized carbons (Fsp3) is 0.533. The van der Waals surface area contributed by atoms with Crippen molar-refractivity contribution in [1.29, 1.82) is 0 Å². The number of rotatable bonds is 4. The van der Waals surface area contributed by atoms with Gasteiger partial charge in [-0.1, -0.05) is 24.5 Å². The van der Waals surface area contributed by atoms with Crippen molar-refractivity contribution in [2.24, 2.45) is 0 Å². The summed E-state index contributed by atoms with van der Waals surface area (Å²) >= 11 is 0. The molecule has 0 unspecified atom stereocenters. The van der Waals surface area contributed by atoms with E-state index in [0.717, 1.165) is 31.2 Å². The van der Waals surface area contributed by atoms with Crippen LogP contribution in [0, 0.1) is 12.7 Å². The molecule has 1 aliphatic carbocycles. The van der Waals surface area contributed by atoms with Crippen molar-refractivity contribution in [3.63, 3.8) is 0 Å². The van der Waals surface area contributed by atoms with Crippen LogP contribution in [0.25, 0.3) is 0 Å². The second-order valence-electron chi connectivity index (χ2n) is 5.14. The third-order valence-corrected chi connectivity index (χ3v) is 3.72. The highest BCUT2D eigenvalue weighted by Gasteiger charge is 2.28. The standard InChI is InChI=1S/C15H20FNO2/c1-11-6-7-14(16)13(10-11)15(19)17(8-9-18)12-4-2-3-5-12/h6-7,10,12,18H,2-5,8-9H2,1H3. The van der Waals surface area contributed by atoms with Gasteiger partial charge in [-0.3, -0.25) is 4.79 Å². The molecule has 1 saturated carbocycles. The molecule has 3 nitrogen and oxygen atoms in total. The van der Waals surface area contributed by atoms with Gasteiger partial charge in [0.15, 0.2) is 0 Å². The molecule has 104 valence electrons. The van der Waals surface area contributed by atoms with Crippen LogP contribution in [0.2, 0.25) is 0 Å². The van der Waals surface area contributed by atoms with Gasteiger partial charge in [0.1, 0.15) is 5.82 Å². The monoisotopic (exact) mass is 265 g/mol. The van der Waals surface area contributed by atoms with E-state index in [1.807, 2.05) is 6.92 Å². The largest absolute Gasteiger partial charge is 0.395 e. The molecule has 4 heteroatoms. The van der Waals surface area contributed by atoms with E-state index in [9.17, 15) is 9.18 Å². The molecule has 1 aromatic rings. The number of hydrogen-bond donors (Lipinski definition) is 1. The van der Waals surface area contributed by atoms with E-state index >= 15 is 0 Å². The molecule has 0 heterocycles. The molecule has 0 spiro atoms. The van der Waals surface area contributed by atoms with Gasteiger partial charge in [0, 0.05) is 12.6 Å². The second-order valence-corrected chi connectivity index (χ2v) is 5.14. The minimum absolute atomic E-state index is 0.0876. The molecule has 1 aromatic carbocycles. The number of hydrogen-bond acceptors (Lipinski definition) is 2. The van der Waals surface area contributed by atoms with Crippen LogP contribution in [0.1, 0.15) is 41.6 Å². The summed E-state index contributed by atoms with van der Waals surface area (Å²) in [4.78, 5) is 14.1. The van der Waals surface area contributed by atoms with Crippen LogP contribution in [0.3, 0.4) is 0 Å². The third kappa shape index (κ3) is 3.13. The lowest BCUT2D eigenvalue weighted by Gasteiger charge is -2.28. The summed E-state index contributed by atoms with van der Waals surface area (Å²) in [5.41, 5.74) is 0.973. The van der Waals surface area contributed by atoms with E-state index in [1.165, 1.54) is 6.07 Å². The SMILES string of the molecule is Cc1ccc(F)c(C(=O)N(CCO)C2CCCC2)c1. The quantitative estimate of drug-likeness (QED) is 0.908. The Bertz CT molecular complexity index is 455. The zero-order chi connectivity index (χ0) is 13.8. The number of amides is 1. The first kappa shape index (κ1) is 14.0. The van der Waals surface area contributed by atoms with Gasteiger partial charge in [-0.05, 0) is 31.9 Å². The third-order valence-electron chi connectivity index (χ3n) is 3.72. The van der Waals surface area contributed by atoms with Crippen LogP contribution in [0.15, 0.2) is 18.2 Å². The van der Waals surface area contributed by atoms with Crippen LogP contribution in [-0.4, -0.2) is 35.1 Å². The van der Waals surface area contributed by atoms with Gasteiger partial charge in [-0.2, -0.15) is 0 Å². The van der Waals surface area contributed by atoms with Crippen molar-refractivity contribution in [3.8, 4) is 0 Å². The molecule has 1 N–H and O–H groups in total. The van der Waals surface area contributed by atoms with E-state index in [0.29, 0.717) is 0 Å². The minimum Gasteiger partial charge on any atom is -0.395 e.